The van der Waals surface area contributed by atoms with Crippen molar-refractivity contribution in [1.29, 1.82) is 0 Å². The van der Waals surface area contributed by atoms with Crippen LogP contribution in [-0.2, 0) is 0 Å². The van der Waals surface area contributed by atoms with Crippen LogP contribution in [0.5, 0.6) is 0 Å². The lowest BCUT2D eigenvalue weighted by Gasteiger charge is -2.32. The molecule has 7 aromatic carbocycles. The number of hydrogen-bond donors (Lipinski definition) is 8. The molecule has 0 saturated heterocycles. The number of anilines is 4. The number of benzene rings is 7. The summed E-state index contributed by atoms with van der Waals surface area (Å²) >= 11 is 0. The van der Waals surface area contributed by atoms with Gasteiger partial charge in [-0.15, -0.1) is 0 Å². The van der Waals surface area contributed by atoms with Crippen molar-refractivity contribution in [3.63, 3.8) is 0 Å². The van der Waals surface area contributed by atoms with Crippen molar-refractivity contribution in [2.24, 2.45) is 0 Å². The molecule has 12 heterocycles. The Morgan fingerprint density at radius 2 is 0.656 bits per heavy atom. The molecule has 12 aromatic heterocycles. The second kappa shape index (κ2) is 34.0. The normalized spacial score (nSPS) is 13.1. The highest BCUT2D eigenvalue weighted by Gasteiger charge is 2.29. The maximum Gasteiger partial charge on any atom is 0.263 e. The molecule has 4 unspecified atom stereocenters. The third-order valence-corrected chi connectivity index (χ3v) is 22.8. The summed E-state index contributed by atoms with van der Waals surface area (Å²) in [4.78, 5) is 118. The molecule has 28 heteroatoms. The number of aromatic nitrogens is 20. The SMILES string of the molecule is CCC(Nc1ncnc2nc[nH]c12)c1cc2cccc(C)c2c(=O)n1-c1ccc(C)cc1.CCC(Nc1ncnc2nc[nH]c12)c1cc2cccc(C)c2c(=O)n1-c1ccccc1.Cc1ccc(-n2c(C(C)Nc3ncnc4nc[nH]c34)cc3cccc(C)c3c2=O)cc1.Cc1cccc2cc(C(C)Nc3ncnc4nc[nH]c34)n(C3CCC3)c(=O)c12. The summed E-state index contributed by atoms with van der Waals surface area (Å²) in [6.45, 7) is 20.3. The summed E-state index contributed by atoms with van der Waals surface area (Å²) in [5, 5.41) is 20.7. The average Bonchev–Trinajstić information content (AvgIpc) is 0.912. The lowest BCUT2D eigenvalue weighted by Crippen LogP contribution is -2.33. The third-order valence-electron chi connectivity index (χ3n) is 22.8. The third kappa shape index (κ3) is 15.4. The zero-order chi connectivity index (χ0) is 84.4. The van der Waals surface area contributed by atoms with Crippen molar-refractivity contribution < 1.29 is 0 Å². The summed E-state index contributed by atoms with van der Waals surface area (Å²) in [5.41, 5.74) is 17.7. The average molecular weight is 1620 g/mol. The molecule has 0 aliphatic heterocycles. The molecule has 1 aliphatic carbocycles. The molecule has 28 nitrogen and oxygen atoms in total. The van der Waals surface area contributed by atoms with Crippen molar-refractivity contribution >= 4 is 111 Å². The molecule has 0 radical (unpaired) electrons. The van der Waals surface area contributed by atoms with Crippen molar-refractivity contribution in [2.75, 3.05) is 21.3 Å². The van der Waals surface area contributed by atoms with Gasteiger partial charge in [0.05, 0.1) is 71.0 Å². The van der Waals surface area contributed by atoms with E-state index < -0.39 is 0 Å². The Bertz CT molecular complexity index is 7370. The van der Waals surface area contributed by atoms with Gasteiger partial charge >= 0.3 is 0 Å². The Balaban J connectivity index is 0.000000116. The number of nitrogens with one attached hydrogen (secondary N) is 8. The Labute approximate surface area is 699 Å². The van der Waals surface area contributed by atoms with Crippen molar-refractivity contribution in [3.05, 3.63) is 324 Å². The van der Waals surface area contributed by atoms with E-state index in [4.69, 9.17) is 0 Å². The number of hydrogen-bond acceptors (Lipinski definition) is 20. The van der Waals surface area contributed by atoms with E-state index in [2.05, 4.69) is 146 Å². The van der Waals surface area contributed by atoms with Gasteiger partial charge in [-0.1, -0.05) is 140 Å². The van der Waals surface area contributed by atoms with Crippen molar-refractivity contribution in [3.8, 4) is 17.1 Å². The summed E-state index contributed by atoms with van der Waals surface area (Å²) < 4.78 is 7.42. The minimum atomic E-state index is -0.208. The lowest BCUT2D eigenvalue weighted by molar-refractivity contribution is 0.298. The first kappa shape index (κ1) is 79.3. The van der Waals surface area contributed by atoms with Crippen LogP contribution >= 0.6 is 0 Å². The number of H-pyrrole nitrogens is 4. The van der Waals surface area contributed by atoms with Gasteiger partial charge in [0.2, 0.25) is 0 Å². The first-order valence-electron chi connectivity index (χ1n) is 40.8. The van der Waals surface area contributed by atoms with Crippen molar-refractivity contribution in [1.82, 2.24) is 98.0 Å². The smallest absolute Gasteiger partial charge is 0.263 e. The first-order chi connectivity index (χ1) is 59.4. The van der Waals surface area contributed by atoms with Gasteiger partial charge in [0, 0.05) is 45.9 Å². The van der Waals surface area contributed by atoms with Gasteiger partial charge in [-0.3, -0.25) is 32.9 Å². The molecule has 20 rings (SSSR count). The molecular formula is C94H90N24O4. The molecule has 8 N–H and O–H groups in total. The predicted octanol–water partition coefficient (Wildman–Crippen LogP) is 17.7. The van der Waals surface area contributed by atoms with Crippen LogP contribution in [0.25, 0.3) is 105 Å². The zero-order valence-corrected chi connectivity index (χ0v) is 69.1. The highest BCUT2D eigenvalue weighted by molar-refractivity contribution is 5.91. The number of pyridine rings is 4. The number of para-hydroxylation sites is 1. The van der Waals surface area contributed by atoms with E-state index in [0.29, 0.717) is 45.9 Å². The maximum atomic E-state index is 13.8. The fourth-order valence-corrected chi connectivity index (χ4v) is 16.3. The minimum absolute atomic E-state index is 0.0194. The van der Waals surface area contributed by atoms with Gasteiger partial charge in [0.15, 0.2) is 45.9 Å². The molecule has 19 aromatic rings. The van der Waals surface area contributed by atoms with Crippen LogP contribution in [0.15, 0.2) is 246 Å². The molecule has 1 fully saturated rings. The second-order valence-electron chi connectivity index (χ2n) is 30.9. The Kier molecular flexibility index (Phi) is 22.1. The molecular weight excluding hydrogens is 1530 g/mol. The van der Waals surface area contributed by atoms with Crippen LogP contribution in [0.1, 0.15) is 146 Å². The van der Waals surface area contributed by atoms with E-state index in [1.807, 2.05) is 214 Å². The van der Waals surface area contributed by atoms with E-state index in [-0.39, 0.29) is 52.4 Å². The molecule has 0 bridgehead atoms. The van der Waals surface area contributed by atoms with Gasteiger partial charge in [-0.2, -0.15) is 0 Å². The molecule has 1 saturated carbocycles. The summed E-state index contributed by atoms with van der Waals surface area (Å²) in [6, 6.07) is 57.8. The van der Waals surface area contributed by atoms with Crippen molar-refractivity contribution in [2.45, 2.75) is 132 Å². The quantitative estimate of drug-likeness (QED) is 0.0395. The number of aryl methyl sites for hydroxylation is 6. The van der Waals surface area contributed by atoms with Gasteiger partial charge in [-0.25, -0.2) is 59.8 Å². The van der Waals surface area contributed by atoms with Crippen LogP contribution in [0, 0.1) is 41.5 Å². The van der Waals surface area contributed by atoms with Gasteiger partial charge < -0.3 is 45.8 Å². The molecule has 0 amide bonds. The van der Waals surface area contributed by atoms with Crippen LogP contribution < -0.4 is 43.5 Å². The Hall–Kier alpha value is -15.2. The number of imidazole rings is 4. The zero-order valence-electron chi connectivity index (χ0n) is 69.1. The van der Waals surface area contributed by atoms with Gasteiger partial charge in [-0.05, 0) is 192 Å². The van der Waals surface area contributed by atoms with E-state index in [0.717, 1.165) is 164 Å². The van der Waals surface area contributed by atoms with Crippen LogP contribution in [-0.4, -0.2) is 98.0 Å². The van der Waals surface area contributed by atoms with E-state index in [9.17, 15) is 19.2 Å². The Morgan fingerprint density at radius 3 is 1.00 bits per heavy atom. The monoisotopic (exact) mass is 1620 g/mol. The van der Waals surface area contributed by atoms with E-state index in [1.54, 1.807) is 29.9 Å². The molecule has 1 aliphatic rings. The largest absolute Gasteiger partial charge is 0.360 e. The molecule has 0 spiro atoms. The maximum absolute atomic E-state index is 13.8. The highest BCUT2D eigenvalue weighted by atomic mass is 16.1. The fraction of sp³-hybridized carbons (Fsp3) is 0.213. The predicted molar refractivity (Wildman–Crippen MR) is 482 cm³/mol. The number of aromatic amines is 4. The highest BCUT2D eigenvalue weighted by Crippen LogP contribution is 2.37. The molecule has 610 valence electrons. The summed E-state index contributed by atoms with van der Waals surface area (Å²) in [6.07, 6.45) is 17.2. The second-order valence-corrected chi connectivity index (χ2v) is 30.9. The number of nitrogens with zero attached hydrogens (tertiary/aromatic N) is 16. The van der Waals surface area contributed by atoms with Crippen LogP contribution in [0.2, 0.25) is 0 Å². The minimum Gasteiger partial charge on any atom is -0.360 e. The summed E-state index contributed by atoms with van der Waals surface area (Å²) in [7, 11) is 0. The summed E-state index contributed by atoms with van der Waals surface area (Å²) in [5.74, 6) is 2.64. The van der Waals surface area contributed by atoms with Gasteiger partial charge in [0.1, 0.15) is 47.4 Å². The topological polar surface area (TPSA) is 354 Å². The van der Waals surface area contributed by atoms with Gasteiger partial charge in [0.25, 0.3) is 22.2 Å². The fourth-order valence-electron chi connectivity index (χ4n) is 16.3. The first-order valence-corrected chi connectivity index (χ1v) is 40.8. The standard InChI is InChI=1S/C25H24N6O.2C24H22N6O.C21H22N6O/c1-4-19(30-24-22-23(27-13-26-22)28-14-29-24)20-12-17-7-5-6-16(3)21(17)25(32)31(20)18-10-8-15(2)9-11-18;1-14-7-9-18(10-8-14)30-19(11-17-6-4-5-15(2)20(17)24(30)31)16(3)29-23-21-22(26-12-25-21)27-13-28-23;1-3-18(29-23-21-22(26-13-25-21)27-14-28-23)19-12-16-9-7-8-15(2)20(16)24(31)30(19)17-10-5-4-6-11-17;1-12-5-3-6-14-9-16(27(15-7-4-8-15)21(28)17(12)14)13(2)26-20-18-19(23-10-22-18)24-11-25-20/h5-14,19H,4H2,1-3H3,(H2,26,27,28,29,30);4-13,16H,1-3H3,(H2,25,26,27,28,29);4-14,18H,3H2,1-2H3,(H2,25,26,27,28,29);3,5-6,9-11,13,15H,4,7-8H2,1-2H3,(H2,22,23,24,25,26). The lowest BCUT2D eigenvalue weighted by atomic mass is 9.91. The number of rotatable bonds is 18. The molecule has 122 heavy (non-hydrogen) atoms. The van der Waals surface area contributed by atoms with E-state index >= 15 is 0 Å². The van der Waals surface area contributed by atoms with Crippen LogP contribution in [0.3, 0.4) is 0 Å². The van der Waals surface area contributed by atoms with Crippen LogP contribution in [0.4, 0.5) is 23.3 Å². The Morgan fingerprint density at radius 1 is 0.344 bits per heavy atom. The number of fused-ring (bicyclic) bond motifs is 8. The van der Waals surface area contributed by atoms with E-state index in [1.165, 1.54) is 31.7 Å². The molecule has 4 atom stereocenters.